The Hall–Kier alpha value is -3.17. The summed E-state index contributed by atoms with van der Waals surface area (Å²) in [5.74, 6) is 0. The largest absolute Gasteiger partial charge is 0.368 e. The van der Waals surface area contributed by atoms with Crippen LogP contribution < -0.4 is 10.2 Å². The van der Waals surface area contributed by atoms with E-state index in [0.717, 1.165) is 75.5 Å². The lowest BCUT2D eigenvalue weighted by Crippen LogP contribution is -2.49. The van der Waals surface area contributed by atoms with E-state index >= 15 is 0 Å². The van der Waals surface area contributed by atoms with Gasteiger partial charge in [0.15, 0.2) is 0 Å². The van der Waals surface area contributed by atoms with Gasteiger partial charge in [-0.15, -0.1) is 0 Å². The van der Waals surface area contributed by atoms with Crippen LogP contribution in [0.4, 0.5) is 5.69 Å². The molecule has 1 N–H and O–H groups in total. The zero-order valence-corrected chi connectivity index (χ0v) is 23.1. The monoisotopic (exact) mass is 543 g/mol. The fourth-order valence-electron chi connectivity index (χ4n) is 5.94. The minimum absolute atomic E-state index is 0.302. The molecule has 0 saturated carbocycles. The molecule has 0 spiro atoms. The summed E-state index contributed by atoms with van der Waals surface area (Å²) in [5.41, 5.74) is 3.22. The Balaban J connectivity index is 1.01. The van der Waals surface area contributed by atoms with Gasteiger partial charge in [-0.3, -0.25) is 9.80 Å². The number of benzene rings is 3. The van der Waals surface area contributed by atoms with Crippen molar-refractivity contribution in [3.05, 3.63) is 96.7 Å². The van der Waals surface area contributed by atoms with Gasteiger partial charge in [0, 0.05) is 82.2 Å². The van der Waals surface area contributed by atoms with Crippen molar-refractivity contribution in [1.29, 1.82) is 0 Å². The van der Waals surface area contributed by atoms with Gasteiger partial charge in [-0.05, 0) is 42.3 Å². The van der Waals surface area contributed by atoms with Crippen molar-refractivity contribution < 1.29 is 8.42 Å². The summed E-state index contributed by atoms with van der Waals surface area (Å²) in [7, 11) is -3.64. The predicted molar refractivity (Wildman–Crippen MR) is 158 cm³/mol. The van der Waals surface area contributed by atoms with Crippen LogP contribution in [-0.2, 0) is 16.6 Å². The summed E-state index contributed by atoms with van der Waals surface area (Å²) in [5, 5.41) is 4.77. The molecule has 1 aromatic heterocycles. The molecule has 2 aliphatic rings. The van der Waals surface area contributed by atoms with Crippen LogP contribution in [0.3, 0.4) is 0 Å². The lowest BCUT2D eigenvalue weighted by Gasteiger charge is -2.36. The summed E-state index contributed by atoms with van der Waals surface area (Å²) in [6.45, 7) is 9.26. The highest BCUT2D eigenvalue weighted by atomic mass is 32.2. The molecule has 0 aliphatic carbocycles. The van der Waals surface area contributed by atoms with Crippen LogP contribution in [0.2, 0.25) is 0 Å². The lowest BCUT2D eigenvalue weighted by atomic mass is 10.1. The minimum Gasteiger partial charge on any atom is -0.368 e. The molecule has 2 saturated heterocycles. The fraction of sp³-hybridized carbons (Fsp3) is 0.355. The maximum atomic E-state index is 13.3. The molecule has 2 fully saturated rings. The highest BCUT2D eigenvalue weighted by Gasteiger charge is 2.24. The highest BCUT2D eigenvalue weighted by molar-refractivity contribution is 7.90. The Bertz CT molecular complexity index is 1480. The fourth-order valence-corrected chi connectivity index (χ4v) is 7.31. The molecular weight excluding hydrogens is 506 g/mol. The number of rotatable bonds is 9. The molecule has 7 nitrogen and oxygen atoms in total. The van der Waals surface area contributed by atoms with Crippen molar-refractivity contribution in [2.45, 2.75) is 23.9 Å². The zero-order chi connectivity index (χ0) is 26.7. The third-order valence-corrected chi connectivity index (χ3v) is 9.77. The van der Waals surface area contributed by atoms with Crippen LogP contribution in [0, 0.1) is 0 Å². The van der Waals surface area contributed by atoms with Crippen molar-refractivity contribution in [3.8, 4) is 0 Å². The van der Waals surface area contributed by atoms with E-state index in [1.165, 1.54) is 16.0 Å². The topological polar surface area (TPSA) is 60.8 Å². The number of nitrogens with one attached hydrogen (secondary N) is 1. The van der Waals surface area contributed by atoms with Gasteiger partial charge in [-0.2, -0.15) is 0 Å². The van der Waals surface area contributed by atoms with Crippen LogP contribution in [-0.4, -0.2) is 80.6 Å². The Labute approximate surface area is 231 Å². The van der Waals surface area contributed by atoms with E-state index in [1.54, 1.807) is 30.5 Å². The maximum absolute atomic E-state index is 13.3. The molecule has 4 aromatic rings. The average molecular weight is 544 g/mol. The van der Waals surface area contributed by atoms with Crippen LogP contribution in [0.15, 0.2) is 96.0 Å². The van der Waals surface area contributed by atoms with E-state index in [2.05, 4.69) is 56.4 Å². The number of hydrogen-bond donors (Lipinski definition) is 1. The molecule has 1 atom stereocenters. The number of nitrogens with zero attached hydrogens (tertiary/aromatic N) is 4. The van der Waals surface area contributed by atoms with E-state index in [4.69, 9.17) is 0 Å². The van der Waals surface area contributed by atoms with E-state index in [1.807, 2.05) is 24.3 Å². The average Bonchev–Trinajstić information content (AvgIpc) is 3.62. The second-order valence-electron chi connectivity index (χ2n) is 10.6. The van der Waals surface area contributed by atoms with Gasteiger partial charge in [-0.25, -0.2) is 12.4 Å². The standard InChI is InChI=1S/C31H37N5O2S/c37-39(38,28-10-5-2-6-11-28)36-18-15-29-30(12-7-13-31(29)36)35-22-20-33(21-23-35)19-16-32-27-14-17-34(25-27)24-26-8-3-1-4-9-26/h1-13,15,18,27,32H,14,16-17,19-25H2. The number of fused-ring (bicyclic) bond motifs is 1. The summed E-state index contributed by atoms with van der Waals surface area (Å²) < 4.78 is 27.9. The van der Waals surface area contributed by atoms with Gasteiger partial charge in [0.25, 0.3) is 10.0 Å². The number of piperazine rings is 1. The Morgan fingerprint density at radius 1 is 0.769 bits per heavy atom. The van der Waals surface area contributed by atoms with Gasteiger partial charge in [0.2, 0.25) is 0 Å². The molecule has 204 valence electrons. The number of hydrogen-bond acceptors (Lipinski definition) is 6. The number of aromatic nitrogens is 1. The first-order chi connectivity index (χ1) is 19.1. The van der Waals surface area contributed by atoms with Crippen LogP contribution in [0.5, 0.6) is 0 Å². The number of likely N-dealkylation sites (tertiary alicyclic amines) is 1. The Kier molecular flexibility index (Phi) is 7.70. The molecule has 6 rings (SSSR count). The van der Waals surface area contributed by atoms with E-state index in [0.29, 0.717) is 10.9 Å². The Morgan fingerprint density at radius 3 is 2.28 bits per heavy atom. The summed E-state index contributed by atoms with van der Waals surface area (Å²) >= 11 is 0. The van der Waals surface area contributed by atoms with E-state index in [9.17, 15) is 8.42 Å². The highest BCUT2D eigenvalue weighted by Crippen LogP contribution is 2.30. The maximum Gasteiger partial charge on any atom is 0.268 e. The van der Waals surface area contributed by atoms with Gasteiger partial charge in [0.05, 0.1) is 10.4 Å². The second-order valence-corrected chi connectivity index (χ2v) is 12.4. The van der Waals surface area contributed by atoms with Crippen molar-refractivity contribution in [3.63, 3.8) is 0 Å². The molecule has 0 radical (unpaired) electrons. The third-order valence-electron chi connectivity index (χ3n) is 8.07. The molecular formula is C31H37N5O2S. The van der Waals surface area contributed by atoms with Crippen LogP contribution in [0.1, 0.15) is 12.0 Å². The van der Waals surface area contributed by atoms with Crippen molar-refractivity contribution >= 4 is 26.6 Å². The summed E-state index contributed by atoms with van der Waals surface area (Å²) in [4.78, 5) is 7.77. The van der Waals surface area contributed by atoms with Gasteiger partial charge in [0.1, 0.15) is 0 Å². The SMILES string of the molecule is O=S(=O)(c1ccccc1)n1ccc2c(N3CCN(CCNC4CCN(Cc5ccccc5)C4)CC3)cccc21. The van der Waals surface area contributed by atoms with Gasteiger partial charge >= 0.3 is 0 Å². The van der Waals surface area contributed by atoms with Gasteiger partial charge < -0.3 is 10.2 Å². The van der Waals surface area contributed by atoms with Crippen LogP contribution in [0.25, 0.3) is 10.9 Å². The Morgan fingerprint density at radius 2 is 1.51 bits per heavy atom. The summed E-state index contributed by atoms with van der Waals surface area (Å²) in [6.07, 6.45) is 2.90. The van der Waals surface area contributed by atoms with Crippen molar-refractivity contribution in [2.24, 2.45) is 0 Å². The van der Waals surface area contributed by atoms with E-state index < -0.39 is 10.0 Å². The predicted octanol–water partition coefficient (Wildman–Crippen LogP) is 3.86. The molecule has 1 unspecified atom stereocenters. The van der Waals surface area contributed by atoms with E-state index in [-0.39, 0.29) is 0 Å². The summed E-state index contributed by atoms with van der Waals surface area (Å²) in [6, 6.07) is 27.9. The first kappa shape index (κ1) is 26.1. The minimum atomic E-state index is -3.64. The molecule has 39 heavy (non-hydrogen) atoms. The normalized spacial score (nSPS) is 19.2. The second kappa shape index (κ2) is 11.5. The van der Waals surface area contributed by atoms with Crippen LogP contribution >= 0.6 is 0 Å². The lowest BCUT2D eigenvalue weighted by molar-refractivity contribution is 0.252. The molecule has 0 bridgehead atoms. The molecule has 3 aromatic carbocycles. The number of anilines is 1. The first-order valence-electron chi connectivity index (χ1n) is 14.0. The smallest absolute Gasteiger partial charge is 0.268 e. The van der Waals surface area contributed by atoms with Crippen molar-refractivity contribution in [2.75, 3.05) is 57.3 Å². The third kappa shape index (κ3) is 5.75. The molecule has 0 amide bonds. The first-order valence-corrected chi connectivity index (χ1v) is 15.4. The quantitative estimate of drug-likeness (QED) is 0.346. The molecule has 3 heterocycles. The molecule has 8 heteroatoms. The van der Waals surface area contributed by atoms with Crippen molar-refractivity contribution in [1.82, 2.24) is 19.1 Å². The van der Waals surface area contributed by atoms with Gasteiger partial charge in [-0.1, -0.05) is 54.6 Å². The zero-order valence-electron chi connectivity index (χ0n) is 22.3. The molecule has 2 aliphatic heterocycles.